The molecule has 0 saturated heterocycles. The molecule has 0 amide bonds. The van der Waals surface area contributed by atoms with E-state index in [2.05, 4.69) is 5.32 Å². The standard InChI is InChI=1S/C14H23NO3S/c1-4-11-19(16,17)14-8-6-5-7-13(14)15-12(2)9-10-18-3/h5-8,12,15H,4,9-11H2,1-3H3. The maximum Gasteiger partial charge on any atom is 0.180 e. The second-order valence-corrected chi connectivity index (χ2v) is 6.72. The summed E-state index contributed by atoms with van der Waals surface area (Å²) in [4.78, 5) is 0.390. The van der Waals surface area contributed by atoms with Crippen molar-refractivity contribution >= 4 is 15.5 Å². The first kappa shape index (κ1) is 16.0. The van der Waals surface area contributed by atoms with Crippen LogP contribution in [0.3, 0.4) is 0 Å². The van der Waals surface area contributed by atoms with Gasteiger partial charge in [-0.3, -0.25) is 0 Å². The van der Waals surface area contributed by atoms with Crippen molar-refractivity contribution in [3.8, 4) is 0 Å². The summed E-state index contributed by atoms with van der Waals surface area (Å²) in [7, 11) is -1.54. The molecule has 1 atom stereocenters. The van der Waals surface area contributed by atoms with E-state index in [0.29, 0.717) is 23.6 Å². The molecule has 0 saturated carbocycles. The zero-order valence-electron chi connectivity index (χ0n) is 11.8. The number of benzene rings is 1. The summed E-state index contributed by atoms with van der Waals surface area (Å²) in [6.07, 6.45) is 1.45. The lowest BCUT2D eigenvalue weighted by Crippen LogP contribution is -2.19. The van der Waals surface area contributed by atoms with Gasteiger partial charge >= 0.3 is 0 Å². The molecule has 1 rings (SSSR count). The molecule has 0 fully saturated rings. The minimum absolute atomic E-state index is 0.165. The number of ether oxygens (including phenoxy) is 1. The minimum Gasteiger partial charge on any atom is -0.385 e. The fourth-order valence-electron chi connectivity index (χ4n) is 1.87. The number of nitrogens with one attached hydrogen (secondary N) is 1. The average molecular weight is 285 g/mol. The van der Waals surface area contributed by atoms with Crippen molar-refractivity contribution in [1.29, 1.82) is 0 Å². The molecule has 0 aliphatic heterocycles. The minimum atomic E-state index is -3.20. The fourth-order valence-corrected chi connectivity index (χ4v) is 3.37. The Bertz CT molecular complexity index is 485. The van der Waals surface area contributed by atoms with Gasteiger partial charge in [0.25, 0.3) is 0 Å². The highest BCUT2D eigenvalue weighted by molar-refractivity contribution is 7.91. The number of rotatable bonds is 8. The van der Waals surface area contributed by atoms with Crippen molar-refractivity contribution < 1.29 is 13.2 Å². The Kier molecular flexibility index (Phi) is 6.31. The molecule has 0 bridgehead atoms. The van der Waals surface area contributed by atoms with Gasteiger partial charge in [-0.2, -0.15) is 0 Å². The summed E-state index contributed by atoms with van der Waals surface area (Å²) in [6.45, 7) is 4.54. The maximum atomic E-state index is 12.2. The summed E-state index contributed by atoms with van der Waals surface area (Å²) in [5.41, 5.74) is 0.680. The molecule has 1 N–H and O–H groups in total. The van der Waals surface area contributed by atoms with Gasteiger partial charge in [0, 0.05) is 19.8 Å². The van der Waals surface area contributed by atoms with Crippen molar-refractivity contribution in [2.24, 2.45) is 0 Å². The zero-order valence-corrected chi connectivity index (χ0v) is 12.7. The van der Waals surface area contributed by atoms with Crippen LogP contribution >= 0.6 is 0 Å². The van der Waals surface area contributed by atoms with Gasteiger partial charge in [0.15, 0.2) is 9.84 Å². The number of hydrogen-bond donors (Lipinski definition) is 1. The Balaban J connectivity index is 2.90. The molecule has 0 spiro atoms. The van der Waals surface area contributed by atoms with E-state index in [9.17, 15) is 8.42 Å². The van der Waals surface area contributed by atoms with Crippen molar-refractivity contribution in [2.75, 3.05) is 24.8 Å². The molecule has 0 aromatic heterocycles. The van der Waals surface area contributed by atoms with E-state index in [1.54, 1.807) is 19.2 Å². The van der Waals surface area contributed by atoms with E-state index in [0.717, 1.165) is 6.42 Å². The second kappa shape index (κ2) is 7.50. The van der Waals surface area contributed by atoms with E-state index in [1.165, 1.54) is 0 Å². The highest BCUT2D eigenvalue weighted by atomic mass is 32.2. The van der Waals surface area contributed by atoms with Crippen molar-refractivity contribution in [3.63, 3.8) is 0 Å². The highest BCUT2D eigenvalue weighted by Gasteiger charge is 2.18. The number of para-hydroxylation sites is 1. The number of methoxy groups -OCH3 is 1. The third-order valence-electron chi connectivity index (χ3n) is 2.85. The number of sulfone groups is 1. The topological polar surface area (TPSA) is 55.4 Å². The molecule has 4 nitrogen and oxygen atoms in total. The van der Waals surface area contributed by atoms with Crippen LogP contribution < -0.4 is 5.32 Å². The maximum absolute atomic E-state index is 12.2. The highest BCUT2D eigenvalue weighted by Crippen LogP contribution is 2.23. The van der Waals surface area contributed by atoms with Crippen LogP contribution in [0.15, 0.2) is 29.2 Å². The molecule has 5 heteroatoms. The van der Waals surface area contributed by atoms with E-state index >= 15 is 0 Å². The molecule has 1 aromatic rings. The lowest BCUT2D eigenvalue weighted by molar-refractivity contribution is 0.191. The monoisotopic (exact) mass is 285 g/mol. The molecule has 0 aliphatic carbocycles. The van der Waals surface area contributed by atoms with Gasteiger partial charge in [0.2, 0.25) is 0 Å². The van der Waals surface area contributed by atoms with Gasteiger partial charge in [0.1, 0.15) is 0 Å². The summed E-state index contributed by atoms with van der Waals surface area (Å²) >= 11 is 0. The van der Waals surface area contributed by atoms with Crippen LogP contribution in [0, 0.1) is 0 Å². The summed E-state index contributed by atoms with van der Waals surface area (Å²) in [5, 5.41) is 3.25. The fraction of sp³-hybridized carbons (Fsp3) is 0.571. The van der Waals surface area contributed by atoms with E-state index in [4.69, 9.17) is 4.74 Å². The normalized spacial score (nSPS) is 13.2. The molecular weight excluding hydrogens is 262 g/mol. The third-order valence-corrected chi connectivity index (χ3v) is 4.82. The Hall–Kier alpha value is -1.07. The molecule has 0 radical (unpaired) electrons. The lowest BCUT2D eigenvalue weighted by Gasteiger charge is -2.17. The van der Waals surface area contributed by atoms with E-state index in [-0.39, 0.29) is 11.8 Å². The molecule has 1 unspecified atom stereocenters. The Morgan fingerprint density at radius 2 is 2.00 bits per heavy atom. The molecule has 19 heavy (non-hydrogen) atoms. The predicted octanol–water partition coefficient (Wildman–Crippen LogP) is 2.71. The number of hydrogen-bond acceptors (Lipinski definition) is 4. The molecule has 1 aromatic carbocycles. The van der Waals surface area contributed by atoms with Crippen LogP contribution in [0.1, 0.15) is 26.7 Å². The van der Waals surface area contributed by atoms with Gasteiger partial charge in [-0.25, -0.2) is 8.42 Å². The van der Waals surface area contributed by atoms with Crippen molar-refractivity contribution in [1.82, 2.24) is 0 Å². The number of anilines is 1. The molecule has 108 valence electrons. The van der Waals surface area contributed by atoms with Crippen molar-refractivity contribution in [3.05, 3.63) is 24.3 Å². The predicted molar refractivity (Wildman–Crippen MR) is 78.4 cm³/mol. The van der Waals surface area contributed by atoms with Crippen LogP contribution in [0.25, 0.3) is 0 Å². The first-order valence-electron chi connectivity index (χ1n) is 6.58. The molecular formula is C14H23NO3S. The Labute approximate surface area is 116 Å². The quantitative estimate of drug-likeness (QED) is 0.798. The lowest BCUT2D eigenvalue weighted by atomic mass is 10.2. The van der Waals surface area contributed by atoms with Gasteiger partial charge in [-0.05, 0) is 31.9 Å². The van der Waals surface area contributed by atoms with Crippen LogP contribution in [-0.2, 0) is 14.6 Å². The second-order valence-electron chi connectivity index (χ2n) is 4.64. The Morgan fingerprint density at radius 3 is 2.63 bits per heavy atom. The zero-order chi connectivity index (χ0) is 14.3. The van der Waals surface area contributed by atoms with Crippen LogP contribution in [0.2, 0.25) is 0 Å². The van der Waals surface area contributed by atoms with Gasteiger partial charge in [-0.15, -0.1) is 0 Å². The largest absolute Gasteiger partial charge is 0.385 e. The summed E-state index contributed by atoms with van der Waals surface area (Å²) in [5.74, 6) is 0.179. The van der Waals surface area contributed by atoms with E-state index in [1.807, 2.05) is 26.0 Å². The summed E-state index contributed by atoms with van der Waals surface area (Å²) in [6, 6.07) is 7.24. The van der Waals surface area contributed by atoms with Gasteiger partial charge in [-0.1, -0.05) is 19.1 Å². The first-order valence-corrected chi connectivity index (χ1v) is 8.23. The van der Waals surface area contributed by atoms with Crippen LogP contribution in [0.5, 0.6) is 0 Å². The van der Waals surface area contributed by atoms with Crippen LogP contribution in [0.4, 0.5) is 5.69 Å². The Morgan fingerprint density at radius 1 is 1.32 bits per heavy atom. The smallest absolute Gasteiger partial charge is 0.180 e. The molecule has 0 heterocycles. The van der Waals surface area contributed by atoms with Crippen LogP contribution in [-0.4, -0.2) is 33.9 Å². The summed E-state index contributed by atoms with van der Waals surface area (Å²) < 4.78 is 29.4. The van der Waals surface area contributed by atoms with Crippen molar-refractivity contribution in [2.45, 2.75) is 37.6 Å². The van der Waals surface area contributed by atoms with Gasteiger partial charge in [0.05, 0.1) is 16.3 Å². The third kappa shape index (κ3) is 4.84. The SMILES string of the molecule is CCCS(=O)(=O)c1ccccc1NC(C)CCOC. The van der Waals surface area contributed by atoms with Gasteiger partial charge < -0.3 is 10.1 Å². The van der Waals surface area contributed by atoms with E-state index < -0.39 is 9.84 Å². The average Bonchev–Trinajstić information content (AvgIpc) is 2.36. The molecule has 0 aliphatic rings. The first-order chi connectivity index (χ1) is 9.01.